The van der Waals surface area contributed by atoms with E-state index in [4.69, 9.17) is 4.74 Å². The Kier molecular flexibility index (Phi) is 2.44. The topological polar surface area (TPSA) is 26.3 Å². The summed E-state index contributed by atoms with van der Waals surface area (Å²) in [5.74, 6) is 0.0803. The first-order chi connectivity index (χ1) is 7.17. The number of fused-ring (bicyclic) bond motifs is 1. The number of aryl methyl sites for hydroxylation is 1. The molecule has 2 nitrogen and oxygen atoms in total. The van der Waals surface area contributed by atoms with Crippen molar-refractivity contribution in [3.63, 3.8) is 0 Å². The number of hydrogen-bond donors (Lipinski definition) is 0. The lowest BCUT2D eigenvalue weighted by Crippen LogP contribution is -1.92. The van der Waals surface area contributed by atoms with Crippen LogP contribution in [0.15, 0.2) is 12.1 Å². The van der Waals surface area contributed by atoms with Gasteiger partial charge in [0.15, 0.2) is 6.29 Å². The standard InChI is InChI=1S/C11H9FO2S/c1-6-3-8-9(12)4-7(5-13)10(14-2)11(8)15-6/h3-5H,1-2H3. The molecule has 0 saturated heterocycles. The lowest BCUT2D eigenvalue weighted by Gasteiger charge is -2.05. The van der Waals surface area contributed by atoms with Gasteiger partial charge in [0, 0.05) is 10.3 Å². The van der Waals surface area contributed by atoms with Crippen LogP contribution < -0.4 is 4.74 Å². The van der Waals surface area contributed by atoms with Gasteiger partial charge in [0.25, 0.3) is 0 Å². The maximum atomic E-state index is 13.6. The summed E-state index contributed by atoms with van der Waals surface area (Å²) < 4.78 is 19.4. The van der Waals surface area contributed by atoms with Crippen LogP contribution in [0.25, 0.3) is 10.1 Å². The number of carbonyl (C=O) groups excluding carboxylic acids is 1. The van der Waals surface area contributed by atoms with Crippen molar-refractivity contribution >= 4 is 27.7 Å². The van der Waals surface area contributed by atoms with Crippen LogP contribution in [0, 0.1) is 12.7 Å². The Morgan fingerprint density at radius 1 is 1.47 bits per heavy atom. The van der Waals surface area contributed by atoms with Crippen molar-refractivity contribution in [2.24, 2.45) is 0 Å². The first-order valence-corrected chi connectivity index (χ1v) is 5.21. The third-order valence-electron chi connectivity index (χ3n) is 2.19. The van der Waals surface area contributed by atoms with Crippen LogP contribution in [0.4, 0.5) is 4.39 Å². The average molecular weight is 224 g/mol. The normalized spacial score (nSPS) is 10.6. The number of carbonyl (C=O) groups is 1. The summed E-state index contributed by atoms with van der Waals surface area (Å²) >= 11 is 1.42. The summed E-state index contributed by atoms with van der Waals surface area (Å²) in [5, 5.41) is 0.514. The third-order valence-corrected chi connectivity index (χ3v) is 3.24. The van der Waals surface area contributed by atoms with Crippen molar-refractivity contribution in [2.45, 2.75) is 6.92 Å². The average Bonchev–Trinajstić information content (AvgIpc) is 2.60. The molecule has 0 bridgehead atoms. The zero-order valence-electron chi connectivity index (χ0n) is 8.33. The zero-order valence-corrected chi connectivity index (χ0v) is 9.15. The van der Waals surface area contributed by atoms with Crippen molar-refractivity contribution in [3.05, 3.63) is 28.4 Å². The highest BCUT2D eigenvalue weighted by Gasteiger charge is 2.14. The Morgan fingerprint density at radius 2 is 2.20 bits per heavy atom. The Morgan fingerprint density at radius 3 is 2.80 bits per heavy atom. The number of methoxy groups -OCH3 is 1. The minimum Gasteiger partial charge on any atom is -0.494 e. The molecule has 0 aliphatic heterocycles. The summed E-state index contributed by atoms with van der Waals surface area (Å²) in [5.41, 5.74) is 0.254. The van der Waals surface area contributed by atoms with Crippen molar-refractivity contribution in [1.29, 1.82) is 0 Å². The number of ether oxygens (including phenoxy) is 1. The summed E-state index contributed by atoms with van der Waals surface area (Å²) in [4.78, 5) is 11.7. The quantitative estimate of drug-likeness (QED) is 0.732. The number of halogens is 1. The molecule has 0 fully saturated rings. The number of thiophene rings is 1. The largest absolute Gasteiger partial charge is 0.494 e. The molecule has 78 valence electrons. The summed E-state index contributed by atoms with van der Waals surface area (Å²) in [7, 11) is 1.48. The number of benzene rings is 1. The van der Waals surface area contributed by atoms with Crippen LogP contribution in [0.2, 0.25) is 0 Å². The molecule has 4 heteroatoms. The molecule has 0 unspecified atom stereocenters. The molecule has 0 aliphatic carbocycles. The fourth-order valence-electron chi connectivity index (χ4n) is 1.57. The number of rotatable bonds is 2. The van der Waals surface area contributed by atoms with Gasteiger partial charge in [-0.3, -0.25) is 4.79 Å². The predicted octanol–water partition coefficient (Wildman–Crippen LogP) is 3.17. The van der Waals surface area contributed by atoms with Crippen LogP contribution in [-0.4, -0.2) is 13.4 Å². The highest BCUT2D eigenvalue weighted by Crippen LogP contribution is 2.37. The molecule has 0 aliphatic rings. The SMILES string of the molecule is COc1c(C=O)cc(F)c2cc(C)sc12. The van der Waals surface area contributed by atoms with Crippen LogP contribution in [0.5, 0.6) is 5.75 Å². The van der Waals surface area contributed by atoms with Gasteiger partial charge in [0.1, 0.15) is 11.6 Å². The van der Waals surface area contributed by atoms with Gasteiger partial charge < -0.3 is 4.74 Å². The molecule has 0 spiro atoms. The van der Waals surface area contributed by atoms with E-state index in [9.17, 15) is 9.18 Å². The fraction of sp³-hybridized carbons (Fsp3) is 0.182. The maximum Gasteiger partial charge on any atom is 0.153 e. The van der Waals surface area contributed by atoms with Gasteiger partial charge >= 0.3 is 0 Å². The molecule has 0 radical (unpaired) electrons. The second-order valence-corrected chi connectivity index (χ2v) is 4.45. The number of aldehydes is 1. The second kappa shape index (κ2) is 3.62. The van der Waals surface area contributed by atoms with E-state index in [2.05, 4.69) is 0 Å². The molecule has 1 aromatic carbocycles. The highest BCUT2D eigenvalue weighted by atomic mass is 32.1. The van der Waals surface area contributed by atoms with Crippen molar-refractivity contribution in [2.75, 3.05) is 7.11 Å². The minimum absolute atomic E-state index is 0.254. The monoisotopic (exact) mass is 224 g/mol. The van der Waals surface area contributed by atoms with Crippen molar-refractivity contribution < 1.29 is 13.9 Å². The Bertz CT molecular complexity index is 531. The smallest absolute Gasteiger partial charge is 0.153 e. The highest BCUT2D eigenvalue weighted by molar-refractivity contribution is 7.19. The first-order valence-electron chi connectivity index (χ1n) is 4.39. The third kappa shape index (κ3) is 1.51. The lowest BCUT2D eigenvalue weighted by molar-refractivity contribution is 0.112. The van der Waals surface area contributed by atoms with E-state index in [0.29, 0.717) is 22.1 Å². The molecule has 1 aromatic heterocycles. The summed E-state index contributed by atoms with van der Waals surface area (Å²) in [6.07, 6.45) is 0.608. The maximum absolute atomic E-state index is 13.6. The second-order valence-electron chi connectivity index (χ2n) is 3.20. The van der Waals surface area contributed by atoms with E-state index in [1.165, 1.54) is 24.5 Å². The molecule has 2 rings (SSSR count). The summed E-state index contributed by atoms with van der Waals surface area (Å²) in [6, 6.07) is 2.97. The first kappa shape index (κ1) is 10.1. The Labute approximate surface area is 90.3 Å². The summed E-state index contributed by atoms with van der Waals surface area (Å²) in [6.45, 7) is 1.89. The molecular weight excluding hydrogens is 215 g/mol. The van der Waals surface area contributed by atoms with Crippen LogP contribution in [-0.2, 0) is 0 Å². The van der Waals surface area contributed by atoms with E-state index < -0.39 is 0 Å². The molecular formula is C11H9FO2S. The molecule has 0 amide bonds. The lowest BCUT2D eigenvalue weighted by atomic mass is 10.1. The molecule has 15 heavy (non-hydrogen) atoms. The molecule has 0 atom stereocenters. The van der Waals surface area contributed by atoms with E-state index in [1.807, 2.05) is 6.92 Å². The van der Waals surface area contributed by atoms with Gasteiger partial charge in [-0.1, -0.05) is 0 Å². The Balaban J connectivity index is 2.90. The Hall–Kier alpha value is -1.42. The fourth-order valence-corrected chi connectivity index (χ4v) is 2.63. The zero-order chi connectivity index (χ0) is 11.0. The van der Waals surface area contributed by atoms with Gasteiger partial charge in [-0.2, -0.15) is 0 Å². The molecule has 1 heterocycles. The minimum atomic E-state index is -0.378. The van der Waals surface area contributed by atoms with E-state index in [0.717, 1.165) is 4.88 Å². The van der Waals surface area contributed by atoms with E-state index >= 15 is 0 Å². The van der Waals surface area contributed by atoms with Gasteiger partial charge in [0.2, 0.25) is 0 Å². The van der Waals surface area contributed by atoms with Crippen molar-refractivity contribution in [3.8, 4) is 5.75 Å². The van der Waals surface area contributed by atoms with Gasteiger partial charge in [-0.25, -0.2) is 4.39 Å². The van der Waals surface area contributed by atoms with Crippen LogP contribution >= 0.6 is 11.3 Å². The van der Waals surface area contributed by atoms with Crippen LogP contribution in [0.3, 0.4) is 0 Å². The van der Waals surface area contributed by atoms with E-state index in [1.54, 1.807) is 6.07 Å². The van der Waals surface area contributed by atoms with Crippen LogP contribution in [0.1, 0.15) is 15.2 Å². The van der Waals surface area contributed by atoms with Gasteiger partial charge in [0.05, 0.1) is 17.4 Å². The molecule has 2 aromatic rings. The molecule has 0 saturated carbocycles. The number of hydrogen-bond acceptors (Lipinski definition) is 3. The van der Waals surface area contributed by atoms with E-state index in [-0.39, 0.29) is 11.4 Å². The van der Waals surface area contributed by atoms with Gasteiger partial charge in [-0.05, 0) is 19.1 Å². The molecule has 0 N–H and O–H groups in total. The van der Waals surface area contributed by atoms with Gasteiger partial charge in [-0.15, -0.1) is 11.3 Å². The van der Waals surface area contributed by atoms with Crippen molar-refractivity contribution in [1.82, 2.24) is 0 Å². The predicted molar refractivity (Wildman–Crippen MR) is 58.5 cm³/mol.